The summed E-state index contributed by atoms with van der Waals surface area (Å²) in [6, 6.07) is 2.64. The van der Waals surface area contributed by atoms with E-state index in [1.807, 2.05) is 18.3 Å². The summed E-state index contributed by atoms with van der Waals surface area (Å²) in [6.07, 6.45) is 1.16. The standard InChI is InChI=1S/C13H23NOS/c1-5-7-14-12(9-15-6-2)13-8-10(3)11(4)16-13/h8,12,14H,5-7,9H2,1-4H3. The summed E-state index contributed by atoms with van der Waals surface area (Å²) in [6.45, 7) is 11.2. The van der Waals surface area contributed by atoms with Crippen molar-refractivity contribution in [2.45, 2.75) is 40.2 Å². The van der Waals surface area contributed by atoms with E-state index >= 15 is 0 Å². The normalized spacial score (nSPS) is 13.0. The van der Waals surface area contributed by atoms with E-state index in [0.717, 1.165) is 26.2 Å². The van der Waals surface area contributed by atoms with Crippen LogP contribution in [-0.4, -0.2) is 19.8 Å². The van der Waals surface area contributed by atoms with E-state index in [1.165, 1.54) is 15.3 Å². The molecule has 92 valence electrons. The first-order chi connectivity index (χ1) is 7.69. The second-order valence-corrected chi connectivity index (χ2v) is 5.34. The minimum absolute atomic E-state index is 0.359. The molecule has 16 heavy (non-hydrogen) atoms. The maximum atomic E-state index is 5.54. The van der Waals surface area contributed by atoms with Crippen LogP contribution in [0.15, 0.2) is 6.07 Å². The van der Waals surface area contributed by atoms with Crippen LogP contribution in [0.2, 0.25) is 0 Å². The first-order valence-corrected chi connectivity index (χ1v) is 6.88. The topological polar surface area (TPSA) is 21.3 Å². The molecule has 1 N–H and O–H groups in total. The Morgan fingerprint density at radius 1 is 1.38 bits per heavy atom. The molecule has 3 heteroatoms. The van der Waals surface area contributed by atoms with E-state index in [2.05, 4.69) is 32.2 Å². The highest BCUT2D eigenvalue weighted by atomic mass is 32.1. The Labute approximate surface area is 103 Å². The first-order valence-electron chi connectivity index (χ1n) is 6.07. The molecule has 1 rings (SSSR count). The van der Waals surface area contributed by atoms with Gasteiger partial charge >= 0.3 is 0 Å². The lowest BCUT2D eigenvalue weighted by atomic mass is 10.2. The lowest BCUT2D eigenvalue weighted by Gasteiger charge is -2.16. The molecule has 0 bridgehead atoms. The summed E-state index contributed by atoms with van der Waals surface area (Å²) < 4.78 is 5.54. The molecule has 1 aromatic heterocycles. The highest BCUT2D eigenvalue weighted by Crippen LogP contribution is 2.26. The van der Waals surface area contributed by atoms with Gasteiger partial charge in [-0.15, -0.1) is 11.3 Å². The van der Waals surface area contributed by atoms with Crippen LogP contribution in [0.1, 0.15) is 41.6 Å². The van der Waals surface area contributed by atoms with Crippen molar-refractivity contribution in [1.82, 2.24) is 5.32 Å². The van der Waals surface area contributed by atoms with Gasteiger partial charge in [-0.25, -0.2) is 0 Å². The lowest BCUT2D eigenvalue weighted by Crippen LogP contribution is -2.25. The minimum Gasteiger partial charge on any atom is -0.380 e. The number of hydrogen-bond donors (Lipinski definition) is 1. The molecular formula is C13H23NOS. The van der Waals surface area contributed by atoms with Crippen LogP contribution in [0.5, 0.6) is 0 Å². The van der Waals surface area contributed by atoms with Crippen molar-refractivity contribution < 1.29 is 4.74 Å². The Kier molecular flexibility index (Phi) is 6.03. The average molecular weight is 241 g/mol. The maximum Gasteiger partial charge on any atom is 0.0669 e. The Hall–Kier alpha value is -0.380. The zero-order chi connectivity index (χ0) is 12.0. The molecule has 0 aliphatic carbocycles. The zero-order valence-electron chi connectivity index (χ0n) is 10.8. The third kappa shape index (κ3) is 3.89. The van der Waals surface area contributed by atoms with E-state index in [4.69, 9.17) is 4.74 Å². The van der Waals surface area contributed by atoms with Crippen molar-refractivity contribution in [3.63, 3.8) is 0 Å². The molecule has 1 heterocycles. The minimum atomic E-state index is 0.359. The first kappa shape index (κ1) is 13.7. The van der Waals surface area contributed by atoms with E-state index in [9.17, 15) is 0 Å². The van der Waals surface area contributed by atoms with Gasteiger partial charge < -0.3 is 10.1 Å². The second-order valence-electron chi connectivity index (χ2n) is 4.05. The smallest absolute Gasteiger partial charge is 0.0669 e. The summed E-state index contributed by atoms with van der Waals surface area (Å²) in [5.74, 6) is 0. The van der Waals surface area contributed by atoms with Gasteiger partial charge in [0.05, 0.1) is 12.6 Å². The molecule has 0 fully saturated rings. The van der Waals surface area contributed by atoms with Crippen LogP contribution in [0.25, 0.3) is 0 Å². The molecule has 0 amide bonds. The Bertz CT molecular complexity index is 281. The summed E-state index contributed by atoms with van der Waals surface area (Å²) >= 11 is 1.88. The van der Waals surface area contributed by atoms with Crippen molar-refractivity contribution in [3.8, 4) is 0 Å². The highest BCUT2D eigenvalue weighted by Gasteiger charge is 2.13. The van der Waals surface area contributed by atoms with E-state index < -0.39 is 0 Å². The van der Waals surface area contributed by atoms with Crippen LogP contribution < -0.4 is 5.32 Å². The van der Waals surface area contributed by atoms with Crippen molar-refractivity contribution in [1.29, 1.82) is 0 Å². The van der Waals surface area contributed by atoms with Crippen molar-refractivity contribution >= 4 is 11.3 Å². The summed E-state index contributed by atoms with van der Waals surface area (Å²) in [7, 11) is 0. The lowest BCUT2D eigenvalue weighted by molar-refractivity contribution is 0.124. The van der Waals surface area contributed by atoms with E-state index in [0.29, 0.717) is 6.04 Å². The largest absolute Gasteiger partial charge is 0.380 e. The molecule has 1 unspecified atom stereocenters. The maximum absolute atomic E-state index is 5.54. The zero-order valence-corrected chi connectivity index (χ0v) is 11.6. The second kappa shape index (κ2) is 7.05. The number of hydrogen-bond acceptors (Lipinski definition) is 3. The molecule has 0 saturated carbocycles. The quantitative estimate of drug-likeness (QED) is 0.789. The van der Waals surface area contributed by atoms with Gasteiger partial charge in [-0.2, -0.15) is 0 Å². The highest BCUT2D eigenvalue weighted by molar-refractivity contribution is 7.12. The van der Waals surface area contributed by atoms with Crippen LogP contribution >= 0.6 is 11.3 Å². The SMILES string of the molecule is CCCNC(COCC)c1cc(C)c(C)s1. The predicted molar refractivity (Wildman–Crippen MR) is 71.3 cm³/mol. The van der Waals surface area contributed by atoms with Crippen molar-refractivity contribution in [3.05, 3.63) is 21.4 Å². The fraction of sp³-hybridized carbons (Fsp3) is 0.692. The van der Waals surface area contributed by atoms with Crippen molar-refractivity contribution in [2.24, 2.45) is 0 Å². The van der Waals surface area contributed by atoms with Gasteiger partial charge in [-0.05, 0) is 45.4 Å². The van der Waals surface area contributed by atoms with Crippen LogP contribution in [0, 0.1) is 13.8 Å². The summed E-state index contributed by atoms with van der Waals surface area (Å²) in [4.78, 5) is 2.81. The monoisotopic (exact) mass is 241 g/mol. The molecule has 0 aliphatic rings. The molecule has 2 nitrogen and oxygen atoms in total. The number of nitrogens with one attached hydrogen (secondary N) is 1. The van der Waals surface area contributed by atoms with Crippen molar-refractivity contribution in [2.75, 3.05) is 19.8 Å². The molecule has 0 aromatic carbocycles. The molecular weight excluding hydrogens is 218 g/mol. The molecule has 0 radical (unpaired) electrons. The van der Waals surface area contributed by atoms with Gasteiger partial charge in [0, 0.05) is 16.4 Å². The average Bonchev–Trinajstić information content (AvgIpc) is 2.59. The molecule has 0 aliphatic heterocycles. The van der Waals surface area contributed by atoms with Crippen LogP contribution in [0.4, 0.5) is 0 Å². The van der Waals surface area contributed by atoms with Gasteiger partial charge in [0.25, 0.3) is 0 Å². The fourth-order valence-electron chi connectivity index (χ4n) is 1.57. The number of rotatable bonds is 7. The molecule has 1 aromatic rings. The van der Waals surface area contributed by atoms with Gasteiger partial charge in [0.2, 0.25) is 0 Å². The molecule has 0 saturated heterocycles. The fourth-order valence-corrected chi connectivity index (χ4v) is 2.67. The predicted octanol–water partition coefficient (Wildman–Crippen LogP) is 3.44. The van der Waals surface area contributed by atoms with Gasteiger partial charge in [0.1, 0.15) is 0 Å². The summed E-state index contributed by atoms with van der Waals surface area (Å²) in [5.41, 5.74) is 1.39. The van der Waals surface area contributed by atoms with Gasteiger partial charge in [-0.3, -0.25) is 0 Å². The van der Waals surface area contributed by atoms with Crippen LogP contribution in [-0.2, 0) is 4.74 Å². The summed E-state index contributed by atoms with van der Waals surface area (Å²) in [5, 5.41) is 3.55. The third-order valence-corrected chi connectivity index (χ3v) is 3.92. The third-order valence-electron chi connectivity index (χ3n) is 2.66. The number of ether oxygens (including phenoxy) is 1. The molecule has 1 atom stereocenters. The molecule has 0 spiro atoms. The van der Waals surface area contributed by atoms with E-state index in [1.54, 1.807) is 0 Å². The Morgan fingerprint density at radius 2 is 2.12 bits per heavy atom. The van der Waals surface area contributed by atoms with Gasteiger partial charge in [-0.1, -0.05) is 6.92 Å². The van der Waals surface area contributed by atoms with Crippen LogP contribution in [0.3, 0.4) is 0 Å². The number of aryl methyl sites for hydroxylation is 2. The van der Waals surface area contributed by atoms with E-state index in [-0.39, 0.29) is 0 Å². The number of thiophene rings is 1. The Balaban J connectivity index is 2.66. The Morgan fingerprint density at radius 3 is 2.62 bits per heavy atom. The van der Waals surface area contributed by atoms with Gasteiger partial charge in [0.15, 0.2) is 0 Å².